The molecule has 1 N–H and O–H groups in total. The van der Waals surface area contributed by atoms with Crippen LogP contribution in [0.1, 0.15) is 6.92 Å². The van der Waals surface area contributed by atoms with E-state index in [4.69, 9.17) is 9.47 Å². The van der Waals surface area contributed by atoms with Gasteiger partial charge in [0.15, 0.2) is 0 Å². The molecule has 0 atom stereocenters. The third kappa shape index (κ3) is 6.54. The molecule has 122 valence electrons. The number of benzene rings is 2. The molecule has 23 heavy (non-hydrogen) atoms. The van der Waals surface area contributed by atoms with Gasteiger partial charge in [-0.3, -0.25) is 4.79 Å². The first-order valence-electron chi connectivity index (χ1n) is 7.24. The number of rotatable bonds is 7. The van der Waals surface area contributed by atoms with E-state index in [-0.39, 0.29) is 5.24 Å². The molecule has 0 fully saturated rings. The number of thioether (sulfide) groups is 1. The summed E-state index contributed by atoms with van der Waals surface area (Å²) >= 11 is 4.63. The summed E-state index contributed by atoms with van der Waals surface area (Å²) in [6, 6.07) is 15.1. The first-order chi connectivity index (χ1) is 11.2. The number of nitrogens with one attached hydrogen (secondary N) is 1. The summed E-state index contributed by atoms with van der Waals surface area (Å²) in [4.78, 5) is 11.3. The Morgan fingerprint density at radius 3 is 2.57 bits per heavy atom. The number of carbonyl (C=O) groups excluding carboxylic acids is 1. The van der Waals surface area contributed by atoms with Crippen molar-refractivity contribution in [2.75, 3.05) is 18.9 Å². The van der Waals surface area contributed by atoms with Gasteiger partial charge in [0, 0.05) is 16.8 Å². The summed E-state index contributed by atoms with van der Waals surface area (Å²) in [6.45, 7) is 3.02. The van der Waals surface area contributed by atoms with E-state index in [1.54, 1.807) is 0 Å². The van der Waals surface area contributed by atoms with Crippen molar-refractivity contribution in [1.82, 2.24) is 5.32 Å². The van der Waals surface area contributed by atoms with Crippen LogP contribution < -0.4 is 14.8 Å². The second-order valence-electron chi connectivity index (χ2n) is 4.55. The van der Waals surface area contributed by atoms with E-state index in [0.29, 0.717) is 18.9 Å². The summed E-state index contributed by atoms with van der Waals surface area (Å²) in [5.41, 5.74) is 0. The number of amides is 1. The molecule has 0 radical (unpaired) electrons. The summed E-state index contributed by atoms with van der Waals surface area (Å²) in [5, 5.41) is 2.71. The van der Waals surface area contributed by atoms with Crippen LogP contribution in [-0.2, 0) is 0 Å². The smallest absolute Gasteiger partial charge is 0.279 e. The Hall–Kier alpha value is -1.66. The zero-order valence-corrected chi connectivity index (χ0v) is 15.2. The van der Waals surface area contributed by atoms with Crippen LogP contribution in [0, 0.1) is 0 Å². The molecule has 4 nitrogen and oxygen atoms in total. The minimum absolute atomic E-state index is 0.0196. The third-order valence-corrected chi connectivity index (χ3v) is 4.03. The topological polar surface area (TPSA) is 47.6 Å². The summed E-state index contributed by atoms with van der Waals surface area (Å²) in [5.74, 6) is 2.88. The van der Waals surface area contributed by atoms with E-state index < -0.39 is 0 Å². The number of halogens is 1. The molecule has 2 rings (SSSR count). The molecule has 0 heterocycles. The zero-order chi connectivity index (χ0) is 16.5. The Bertz CT molecular complexity index is 634. The molecular formula is C17H18BrNO3S. The van der Waals surface area contributed by atoms with Crippen LogP contribution in [0.25, 0.3) is 0 Å². The highest BCUT2D eigenvalue weighted by Gasteiger charge is 2.02. The molecule has 0 saturated carbocycles. The van der Waals surface area contributed by atoms with Gasteiger partial charge in [0.05, 0.1) is 6.61 Å². The molecule has 6 heteroatoms. The largest absolute Gasteiger partial charge is 0.493 e. The lowest BCUT2D eigenvalue weighted by Gasteiger charge is -2.08. The van der Waals surface area contributed by atoms with Crippen LogP contribution in [0.3, 0.4) is 0 Å². The van der Waals surface area contributed by atoms with E-state index >= 15 is 0 Å². The average Bonchev–Trinajstić information content (AvgIpc) is 2.53. The van der Waals surface area contributed by atoms with Gasteiger partial charge in [-0.25, -0.2) is 0 Å². The highest BCUT2D eigenvalue weighted by atomic mass is 79.9. The van der Waals surface area contributed by atoms with Crippen molar-refractivity contribution in [2.24, 2.45) is 0 Å². The molecule has 0 aliphatic rings. The number of hydrogen-bond acceptors (Lipinski definition) is 4. The van der Waals surface area contributed by atoms with Gasteiger partial charge in [0.2, 0.25) is 0 Å². The highest BCUT2D eigenvalue weighted by Crippen LogP contribution is 2.26. The Kier molecular flexibility index (Phi) is 7.29. The second kappa shape index (κ2) is 9.47. The quantitative estimate of drug-likeness (QED) is 0.663. The summed E-state index contributed by atoms with van der Waals surface area (Å²) in [6.07, 6.45) is 0. The Labute approximate surface area is 148 Å². The van der Waals surface area contributed by atoms with Crippen LogP contribution >= 0.6 is 27.7 Å². The summed E-state index contributed by atoms with van der Waals surface area (Å²) < 4.78 is 12.3. The minimum Gasteiger partial charge on any atom is -0.493 e. The van der Waals surface area contributed by atoms with Crippen molar-refractivity contribution in [3.8, 4) is 17.2 Å². The van der Waals surface area contributed by atoms with Crippen molar-refractivity contribution in [1.29, 1.82) is 0 Å². The predicted octanol–water partition coefficient (Wildman–Crippen LogP) is 5.08. The lowest BCUT2D eigenvalue weighted by Crippen LogP contribution is -2.18. The van der Waals surface area contributed by atoms with Gasteiger partial charge < -0.3 is 14.8 Å². The van der Waals surface area contributed by atoms with Gasteiger partial charge in [0.25, 0.3) is 5.24 Å². The molecule has 0 aliphatic carbocycles. The average molecular weight is 396 g/mol. The van der Waals surface area contributed by atoms with E-state index in [9.17, 15) is 4.79 Å². The van der Waals surface area contributed by atoms with E-state index in [1.165, 1.54) is 11.8 Å². The van der Waals surface area contributed by atoms with Gasteiger partial charge in [-0.15, -0.1) is 0 Å². The SMILES string of the molecule is CCNC(=O)SCCOc1ccc(Oc2cccc(Br)c2)cc1. The van der Waals surface area contributed by atoms with Crippen LogP contribution in [0.15, 0.2) is 53.0 Å². The van der Waals surface area contributed by atoms with Crippen LogP contribution in [0.2, 0.25) is 0 Å². The molecule has 2 aromatic rings. The van der Waals surface area contributed by atoms with Crippen molar-refractivity contribution in [3.63, 3.8) is 0 Å². The maximum atomic E-state index is 11.3. The standard InChI is InChI=1S/C17H18BrNO3S/c1-2-19-17(20)23-11-10-21-14-6-8-15(9-7-14)22-16-5-3-4-13(18)12-16/h3-9,12H,2,10-11H2,1H3,(H,19,20). The fourth-order valence-electron chi connectivity index (χ4n) is 1.76. The molecule has 0 aliphatic heterocycles. The van der Waals surface area contributed by atoms with Gasteiger partial charge >= 0.3 is 0 Å². The van der Waals surface area contributed by atoms with Gasteiger partial charge in [0.1, 0.15) is 17.2 Å². The zero-order valence-electron chi connectivity index (χ0n) is 12.8. The van der Waals surface area contributed by atoms with Crippen molar-refractivity contribution < 1.29 is 14.3 Å². The normalized spacial score (nSPS) is 10.2. The lowest BCUT2D eigenvalue weighted by molar-refractivity contribution is 0.261. The Morgan fingerprint density at radius 2 is 1.87 bits per heavy atom. The summed E-state index contributed by atoms with van der Waals surface area (Å²) in [7, 11) is 0. The van der Waals surface area contributed by atoms with Crippen molar-refractivity contribution >= 4 is 32.9 Å². The van der Waals surface area contributed by atoms with Crippen LogP contribution in [0.5, 0.6) is 17.2 Å². The maximum Gasteiger partial charge on any atom is 0.279 e. The molecule has 0 unspecified atom stereocenters. The number of ether oxygens (including phenoxy) is 2. The molecule has 0 spiro atoms. The Balaban J connectivity index is 1.77. The molecule has 2 aromatic carbocycles. The minimum atomic E-state index is -0.0196. The van der Waals surface area contributed by atoms with Crippen LogP contribution in [-0.4, -0.2) is 24.1 Å². The van der Waals surface area contributed by atoms with E-state index in [1.807, 2.05) is 55.5 Å². The molecule has 0 aromatic heterocycles. The fourth-order valence-corrected chi connectivity index (χ4v) is 2.74. The van der Waals surface area contributed by atoms with E-state index in [0.717, 1.165) is 21.7 Å². The number of hydrogen-bond donors (Lipinski definition) is 1. The van der Waals surface area contributed by atoms with E-state index in [2.05, 4.69) is 21.2 Å². The van der Waals surface area contributed by atoms with Gasteiger partial charge in [-0.2, -0.15) is 0 Å². The van der Waals surface area contributed by atoms with Crippen LogP contribution in [0.4, 0.5) is 4.79 Å². The lowest BCUT2D eigenvalue weighted by atomic mass is 10.3. The first-order valence-corrected chi connectivity index (χ1v) is 9.02. The number of carbonyl (C=O) groups is 1. The predicted molar refractivity (Wildman–Crippen MR) is 97.7 cm³/mol. The fraction of sp³-hybridized carbons (Fsp3) is 0.235. The second-order valence-corrected chi connectivity index (χ2v) is 6.53. The molecule has 0 saturated heterocycles. The molecule has 0 bridgehead atoms. The van der Waals surface area contributed by atoms with Crippen molar-refractivity contribution in [3.05, 3.63) is 53.0 Å². The van der Waals surface area contributed by atoms with Crippen molar-refractivity contribution in [2.45, 2.75) is 6.92 Å². The third-order valence-electron chi connectivity index (χ3n) is 2.76. The maximum absolute atomic E-state index is 11.3. The monoisotopic (exact) mass is 395 g/mol. The highest BCUT2D eigenvalue weighted by molar-refractivity contribution is 9.10. The van der Waals surface area contributed by atoms with Gasteiger partial charge in [-0.1, -0.05) is 33.8 Å². The first kappa shape index (κ1) is 17.7. The Morgan fingerprint density at radius 1 is 1.13 bits per heavy atom. The van der Waals surface area contributed by atoms with Gasteiger partial charge in [-0.05, 0) is 49.4 Å². The molecule has 1 amide bonds. The molecular weight excluding hydrogens is 378 g/mol.